The molecule has 19 heavy (non-hydrogen) atoms. The zero-order valence-corrected chi connectivity index (χ0v) is 12.1. The fourth-order valence-electron chi connectivity index (χ4n) is 1.73. The van der Waals surface area contributed by atoms with E-state index >= 15 is 0 Å². The van der Waals surface area contributed by atoms with E-state index in [2.05, 4.69) is 5.32 Å². The molecular formula is C13H26N2O4. The van der Waals surface area contributed by atoms with Crippen molar-refractivity contribution in [3.05, 3.63) is 0 Å². The average Bonchev–Trinajstić information content (AvgIpc) is 2.39. The molecule has 0 radical (unpaired) electrons. The summed E-state index contributed by atoms with van der Waals surface area (Å²) in [5, 5.41) is 11.5. The second-order valence-electron chi connectivity index (χ2n) is 4.64. The van der Waals surface area contributed by atoms with Crippen LogP contribution in [0.1, 0.15) is 32.6 Å². The zero-order chi connectivity index (χ0) is 14.7. The topological polar surface area (TPSA) is 78.9 Å². The summed E-state index contributed by atoms with van der Waals surface area (Å²) in [7, 11) is 3.32. The fraction of sp³-hybridized carbons (Fsp3) is 0.846. The van der Waals surface area contributed by atoms with Gasteiger partial charge in [0.15, 0.2) is 0 Å². The van der Waals surface area contributed by atoms with E-state index in [1.165, 1.54) is 0 Å². The number of nitrogens with one attached hydrogen (secondary N) is 1. The van der Waals surface area contributed by atoms with E-state index in [0.717, 1.165) is 12.8 Å². The summed E-state index contributed by atoms with van der Waals surface area (Å²) < 4.78 is 4.90. The molecule has 1 atom stereocenters. The molecule has 6 heteroatoms. The van der Waals surface area contributed by atoms with Crippen LogP contribution >= 0.6 is 0 Å². The van der Waals surface area contributed by atoms with Crippen LogP contribution in [0.3, 0.4) is 0 Å². The predicted octanol–water partition coefficient (Wildman–Crippen LogP) is 1.56. The number of carboxylic acids is 1. The summed E-state index contributed by atoms with van der Waals surface area (Å²) in [4.78, 5) is 23.7. The van der Waals surface area contributed by atoms with Gasteiger partial charge in [-0.3, -0.25) is 4.79 Å². The summed E-state index contributed by atoms with van der Waals surface area (Å²) in [6.07, 6.45) is 2.61. The predicted molar refractivity (Wildman–Crippen MR) is 73.2 cm³/mol. The summed E-state index contributed by atoms with van der Waals surface area (Å²) in [5.41, 5.74) is 0. The first-order chi connectivity index (χ1) is 9.01. The molecule has 0 aliphatic carbocycles. The number of methoxy groups -OCH3 is 1. The van der Waals surface area contributed by atoms with Gasteiger partial charge < -0.3 is 20.1 Å². The molecule has 0 heterocycles. The highest BCUT2D eigenvalue weighted by Crippen LogP contribution is 2.14. The quantitative estimate of drug-likeness (QED) is 0.633. The molecule has 0 saturated heterocycles. The summed E-state index contributed by atoms with van der Waals surface area (Å²) in [6, 6.07) is -0.120. The van der Waals surface area contributed by atoms with Crippen LogP contribution in [0.15, 0.2) is 0 Å². The molecule has 1 unspecified atom stereocenters. The number of hydrogen-bond donors (Lipinski definition) is 2. The zero-order valence-electron chi connectivity index (χ0n) is 12.1. The number of urea groups is 1. The van der Waals surface area contributed by atoms with Gasteiger partial charge in [0.05, 0.1) is 6.61 Å². The molecule has 0 aliphatic rings. The average molecular weight is 274 g/mol. The van der Waals surface area contributed by atoms with Crippen LogP contribution in [0, 0.1) is 5.92 Å². The number of rotatable bonds is 10. The van der Waals surface area contributed by atoms with E-state index in [9.17, 15) is 9.59 Å². The fourth-order valence-corrected chi connectivity index (χ4v) is 1.73. The number of likely N-dealkylation sites (N-methyl/N-ethyl adjacent to an activating group) is 1. The Morgan fingerprint density at radius 1 is 1.37 bits per heavy atom. The van der Waals surface area contributed by atoms with Gasteiger partial charge in [-0.25, -0.2) is 4.79 Å². The maximum absolute atomic E-state index is 11.6. The highest BCUT2D eigenvalue weighted by atomic mass is 16.5. The second-order valence-corrected chi connectivity index (χ2v) is 4.64. The highest BCUT2D eigenvalue weighted by molar-refractivity contribution is 5.73. The maximum Gasteiger partial charge on any atom is 0.317 e. The molecule has 0 aromatic heterocycles. The number of nitrogens with zero attached hydrogens (tertiary/aromatic N) is 1. The number of carboxylic acid groups (broad SMARTS) is 1. The highest BCUT2D eigenvalue weighted by Gasteiger charge is 2.11. The number of carbonyl (C=O) groups excluding carboxylic acids is 1. The lowest BCUT2D eigenvalue weighted by Crippen LogP contribution is -2.39. The normalized spacial score (nSPS) is 11.9. The van der Waals surface area contributed by atoms with Crippen molar-refractivity contribution in [2.24, 2.45) is 5.92 Å². The van der Waals surface area contributed by atoms with Crippen molar-refractivity contribution < 1.29 is 19.4 Å². The van der Waals surface area contributed by atoms with E-state index in [1.54, 1.807) is 19.1 Å². The van der Waals surface area contributed by atoms with Crippen LogP contribution in [0.2, 0.25) is 0 Å². The van der Waals surface area contributed by atoms with Crippen molar-refractivity contribution in [3.63, 3.8) is 0 Å². The minimum absolute atomic E-state index is 0.120. The smallest absolute Gasteiger partial charge is 0.317 e. The number of ether oxygens (including phenoxy) is 1. The Morgan fingerprint density at radius 3 is 2.58 bits per heavy atom. The number of hydrogen-bond acceptors (Lipinski definition) is 3. The molecule has 112 valence electrons. The monoisotopic (exact) mass is 274 g/mol. The molecule has 0 rings (SSSR count). The molecule has 6 nitrogen and oxygen atoms in total. The van der Waals surface area contributed by atoms with Crippen LogP contribution < -0.4 is 5.32 Å². The Hall–Kier alpha value is -1.30. The van der Waals surface area contributed by atoms with Gasteiger partial charge in [0.2, 0.25) is 0 Å². The Labute approximate surface area is 115 Å². The van der Waals surface area contributed by atoms with Gasteiger partial charge in [0.25, 0.3) is 0 Å². The van der Waals surface area contributed by atoms with Gasteiger partial charge in [-0.2, -0.15) is 0 Å². The molecule has 0 aromatic carbocycles. The standard InChI is InChI=1S/C13H26N2O4/c1-4-11(5-6-12(16)17)7-8-14-13(18)15(2)9-10-19-3/h11H,4-10H2,1-3H3,(H,14,18)(H,16,17). The van der Waals surface area contributed by atoms with Gasteiger partial charge in [0, 0.05) is 33.7 Å². The lowest BCUT2D eigenvalue weighted by atomic mass is 9.97. The third-order valence-electron chi connectivity index (χ3n) is 3.15. The number of carbonyl (C=O) groups is 2. The molecule has 0 aromatic rings. The third kappa shape index (κ3) is 9.30. The molecule has 2 amide bonds. The molecule has 0 bridgehead atoms. The van der Waals surface area contributed by atoms with Crippen molar-refractivity contribution >= 4 is 12.0 Å². The molecule has 0 fully saturated rings. The van der Waals surface area contributed by atoms with Crippen molar-refractivity contribution in [3.8, 4) is 0 Å². The summed E-state index contributed by atoms with van der Waals surface area (Å²) in [5.74, 6) is -0.414. The summed E-state index contributed by atoms with van der Waals surface area (Å²) in [6.45, 7) is 3.69. The van der Waals surface area contributed by atoms with Gasteiger partial charge in [-0.15, -0.1) is 0 Å². The minimum Gasteiger partial charge on any atom is -0.481 e. The van der Waals surface area contributed by atoms with Crippen LogP contribution in [-0.4, -0.2) is 55.9 Å². The Kier molecular flexibility index (Phi) is 9.88. The largest absolute Gasteiger partial charge is 0.481 e. The van der Waals surface area contributed by atoms with E-state index < -0.39 is 5.97 Å². The lowest BCUT2D eigenvalue weighted by molar-refractivity contribution is -0.137. The van der Waals surface area contributed by atoms with E-state index in [4.69, 9.17) is 9.84 Å². The first-order valence-corrected chi connectivity index (χ1v) is 6.70. The molecule has 2 N–H and O–H groups in total. The minimum atomic E-state index is -0.762. The van der Waals surface area contributed by atoms with E-state index in [-0.39, 0.29) is 12.5 Å². The Morgan fingerprint density at radius 2 is 2.05 bits per heavy atom. The van der Waals surface area contributed by atoms with E-state index in [1.807, 2.05) is 6.92 Å². The lowest BCUT2D eigenvalue weighted by Gasteiger charge is -2.19. The molecule has 0 aliphatic heterocycles. The summed E-state index contributed by atoms with van der Waals surface area (Å²) >= 11 is 0. The Bertz CT molecular complexity index is 271. The molecule has 0 spiro atoms. The maximum atomic E-state index is 11.6. The first-order valence-electron chi connectivity index (χ1n) is 6.70. The van der Waals surface area contributed by atoms with Crippen molar-refractivity contribution in [1.82, 2.24) is 10.2 Å². The number of amides is 2. The van der Waals surface area contributed by atoms with Crippen molar-refractivity contribution in [1.29, 1.82) is 0 Å². The van der Waals surface area contributed by atoms with Gasteiger partial charge in [-0.05, 0) is 18.8 Å². The molecule has 0 saturated carbocycles. The molecular weight excluding hydrogens is 248 g/mol. The van der Waals surface area contributed by atoms with Gasteiger partial charge >= 0.3 is 12.0 Å². The van der Waals surface area contributed by atoms with Crippen molar-refractivity contribution in [2.75, 3.05) is 33.9 Å². The SMILES string of the molecule is CCC(CCNC(=O)N(C)CCOC)CCC(=O)O. The van der Waals surface area contributed by atoms with Gasteiger partial charge in [-0.1, -0.05) is 13.3 Å². The van der Waals surface area contributed by atoms with Gasteiger partial charge in [0.1, 0.15) is 0 Å². The van der Waals surface area contributed by atoms with E-state index in [0.29, 0.717) is 32.0 Å². The van der Waals surface area contributed by atoms with Crippen molar-refractivity contribution in [2.45, 2.75) is 32.6 Å². The van der Waals surface area contributed by atoms with Crippen LogP contribution in [0.25, 0.3) is 0 Å². The first kappa shape index (κ1) is 17.7. The van der Waals surface area contributed by atoms with Crippen LogP contribution in [0.4, 0.5) is 4.79 Å². The second kappa shape index (κ2) is 10.6. The number of aliphatic carboxylic acids is 1. The van der Waals surface area contributed by atoms with Crippen LogP contribution in [0.5, 0.6) is 0 Å². The Balaban J connectivity index is 3.79. The third-order valence-corrected chi connectivity index (χ3v) is 3.15. The van der Waals surface area contributed by atoms with Crippen LogP contribution in [-0.2, 0) is 9.53 Å².